The van der Waals surface area contributed by atoms with Gasteiger partial charge in [-0.1, -0.05) is 36.3 Å². The molecule has 0 spiro atoms. The zero-order valence-corrected chi connectivity index (χ0v) is 19.9. The first-order chi connectivity index (χ1) is 15.6. The number of methoxy groups -OCH3 is 1. The number of para-hydroxylation sites is 1. The molecule has 6 nitrogen and oxygen atoms in total. The fourth-order valence-corrected chi connectivity index (χ4v) is 3.92. The third-order valence-corrected chi connectivity index (χ3v) is 5.38. The van der Waals surface area contributed by atoms with Gasteiger partial charge in [0.2, 0.25) is 11.8 Å². The first-order valence-corrected chi connectivity index (χ1v) is 10.9. The summed E-state index contributed by atoms with van der Waals surface area (Å²) in [6.45, 7) is 5.75. The van der Waals surface area contributed by atoms with Crippen molar-refractivity contribution in [3.05, 3.63) is 65.9 Å². The normalized spacial score (nSPS) is 12.1. The van der Waals surface area contributed by atoms with E-state index in [9.17, 15) is 9.59 Å². The molecule has 0 saturated heterocycles. The van der Waals surface area contributed by atoms with Gasteiger partial charge in [0.05, 0.1) is 20.1 Å². The van der Waals surface area contributed by atoms with Gasteiger partial charge in [-0.05, 0) is 44.5 Å². The van der Waals surface area contributed by atoms with Gasteiger partial charge in [-0.15, -0.1) is 6.42 Å². The lowest BCUT2D eigenvalue weighted by Gasteiger charge is -2.32. The van der Waals surface area contributed by atoms with E-state index in [4.69, 9.17) is 11.2 Å². The van der Waals surface area contributed by atoms with Crippen molar-refractivity contribution >= 4 is 22.7 Å². The average Bonchev–Trinajstić information content (AvgIpc) is 3.09. The number of nitrogens with zero attached hydrogens (tertiary/aromatic N) is 2. The van der Waals surface area contributed by atoms with Crippen molar-refractivity contribution in [1.82, 2.24) is 14.8 Å². The molecule has 0 aliphatic rings. The molecule has 3 aromatic rings. The number of ether oxygens (including phenoxy) is 1. The van der Waals surface area contributed by atoms with Crippen LogP contribution < -0.4 is 10.1 Å². The number of nitrogens with one attached hydrogen (secondary N) is 1. The van der Waals surface area contributed by atoms with Gasteiger partial charge in [0.25, 0.3) is 0 Å². The second kappa shape index (κ2) is 9.83. The molecule has 2 amide bonds. The van der Waals surface area contributed by atoms with Gasteiger partial charge in [0.15, 0.2) is 0 Å². The number of rotatable bonds is 7. The maximum absolute atomic E-state index is 13.6. The molecule has 6 heteroatoms. The van der Waals surface area contributed by atoms with Gasteiger partial charge in [-0.25, -0.2) is 0 Å². The van der Waals surface area contributed by atoms with Crippen LogP contribution in [0.3, 0.4) is 0 Å². The van der Waals surface area contributed by atoms with Gasteiger partial charge in [-0.3, -0.25) is 9.59 Å². The second-order valence-electron chi connectivity index (χ2n) is 9.10. The Morgan fingerprint density at radius 1 is 1.15 bits per heavy atom. The number of hydrogen-bond acceptors (Lipinski definition) is 3. The summed E-state index contributed by atoms with van der Waals surface area (Å²) in [5.41, 5.74) is 2.06. The number of carbonyl (C=O) groups is 2. The van der Waals surface area contributed by atoms with Crippen LogP contribution in [0.1, 0.15) is 37.9 Å². The minimum atomic E-state index is -0.864. The third-order valence-electron chi connectivity index (χ3n) is 5.38. The predicted molar refractivity (Wildman–Crippen MR) is 131 cm³/mol. The summed E-state index contributed by atoms with van der Waals surface area (Å²) >= 11 is 0. The quantitative estimate of drug-likeness (QED) is 0.562. The topological polar surface area (TPSA) is 63.6 Å². The van der Waals surface area contributed by atoms with E-state index >= 15 is 0 Å². The monoisotopic (exact) mass is 445 g/mol. The van der Waals surface area contributed by atoms with E-state index in [1.807, 2.05) is 87.1 Å². The molecule has 0 bridgehead atoms. The Morgan fingerprint density at radius 3 is 2.42 bits per heavy atom. The van der Waals surface area contributed by atoms with Crippen molar-refractivity contribution in [3.63, 3.8) is 0 Å². The van der Waals surface area contributed by atoms with E-state index in [0.29, 0.717) is 5.75 Å². The molecular weight excluding hydrogens is 414 g/mol. The van der Waals surface area contributed by atoms with Crippen molar-refractivity contribution in [3.8, 4) is 18.1 Å². The summed E-state index contributed by atoms with van der Waals surface area (Å²) in [4.78, 5) is 28.6. The Kier molecular flexibility index (Phi) is 7.13. The number of amides is 2. The van der Waals surface area contributed by atoms with Crippen LogP contribution in [0.5, 0.6) is 5.75 Å². The average molecular weight is 446 g/mol. The summed E-state index contributed by atoms with van der Waals surface area (Å²) in [5.74, 6) is 2.80. The highest BCUT2D eigenvalue weighted by molar-refractivity contribution is 5.95. The van der Waals surface area contributed by atoms with E-state index in [2.05, 4.69) is 11.2 Å². The van der Waals surface area contributed by atoms with Crippen LogP contribution in [0, 0.1) is 12.3 Å². The van der Waals surface area contributed by atoms with E-state index in [1.165, 1.54) is 4.90 Å². The van der Waals surface area contributed by atoms with E-state index < -0.39 is 11.6 Å². The lowest BCUT2D eigenvalue weighted by atomic mass is 10.00. The van der Waals surface area contributed by atoms with Crippen LogP contribution in [0.4, 0.5) is 0 Å². The van der Waals surface area contributed by atoms with Crippen molar-refractivity contribution in [2.24, 2.45) is 7.05 Å². The Morgan fingerprint density at radius 2 is 1.82 bits per heavy atom. The van der Waals surface area contributed by atoms with Gasteiger partial charge in [0.1, 0.15) is 11.8 Å². The standard InChI is InChI=1S/C27H31N3O3/c1-7-16-30(24(31)17-19-12-14-20(33-6)15-13-19)25(26(32)28-27(2,3)4)22-18-29(5)23-11-9-8-10-21(22)23/h1,8-15,18,25H,16-17H2,2-6H3,(H,28,32). The first kappa shape index (κ1) is 23.9. The Labute approximate surface area is 195 Å². The van der Waals surface area contributed by atoms with Gasteiger partial charge in [-0.2, -0.15) is 0 Å². The molecule has 0 saturated carbocycles. The fourth-order valence-electron chi connectivity index (χ4n) is 3.92. The molecule has 2 aromatic carbocycles. The van der Waals surface area contributed by atoms with Crippen LogP contribution in [0.25, 0.3) is 10.9 Å². The van der Waals surface area contributed by atoms with E-state index in [-0.39, 0.29) is 24.8 Å². The maximum Gasteiger partial charge on any atom is 0.247 e. The number of aromatic nitrogens is 1. The molecule has 3 rings (SSSR count). The minimum Gasteiger partial charge on any atom is -0.497 e. The SMILES string of the molecule is C#CCN(C(=O)Cc1ccc(OC)cc1)C(C(=O)NC(C)(C)C)c1cn(C)c2ccccc12. The number of benzene rings is 2. The minimum absolute atomic E-state index is 0.0143. The fraction of sp³-hybridized carbons (Fsp3) is 0.333. The number of hydrogen-bond donors (Lipinski definition) is 1. The second-order valence-corrected chi connectivity index (χ2v) is 9.10. The molecule has 1 aromatic heterocycles. The Hall–Kier alpha value is -3.72. The highest BCUT2D eigenvalue weighted by Gasteiger charge is 2.34. The molecule has 0 radical (unpaired) electrons. The van der Waals surface area contributed by atoms with Crippen LogP contribution in [-0.4, -0.2) is 40.5 Å². The molecule has 0 aliphatic heterocycles. The lowest BCUT2D eigenvalue weighted by Crippen LogP contribution is -2.49. The number of carbonyl (C=O) groups excluding carboxylic acids is 2. The summed E-state index contributed by atoms with van der Waals surface area (Å²) < 4.78 is 7.16. The Balaban J connectivity index is 2.05. The van der Waals surface area contributed by atoms with Crippen LogP contribution >= 0.6 is 0 Å². The summed E-state index contributed by atoms with van der Waals surface area (Å²) in [7, 11) is 3.52. The smallest absolute Gasteiger partial charge is 0.247 e. The van der Waals surface area contributed by atoms with Crippen molar-refractivity contribution in [1.29, 1.82) is 0 Å². The summed E-state index contributed by atoms with van der Waals surface area (Å²) in [5, 5.41) is 3.95. The number of aryl methyl sites for hydroxylation is 1. The largest absolute Gasteiger partial charge is 0.497 e. The highest BCUT2D eigenvalue weighted by Crippen LogP contribution is 2.31. The zero-order valence-electron chi connectivity index (χ0n) is 19.9. The summed E-state index contributed by atoms with van der Waals surface area (Å²) in [6.07, 6.45) is 7.69. The molecule has 0 fully saturated rings. The van der Waals surface area contributed by atoms with E-state index in [1.54, 1.807) is 7.11 Å². The first-order valence-electron chi connectivity index (χ1n) is 10.9. The molecule has 1 N–H and O–H groups in total. The molecule has 0 aliphatic carbocycles. The third kappa shape index (κ3) is 5.56. The molecule has 33 heavy (non-hydrogen) atoms. The number of terminal acetylenes is 1. The van der Waals surface area contributed by atoms with Crippen LogP contribution in [0.15, 0.2) is 54.7 Å². The molecule has 1 unspecified atom stereocenters. The van der Waals surface area contributed by atoms with Gasteiger partial charge in [0, 0.05) is 35.2 Å². The van der Waals surface area contributed by atoms with Crippen LogP contribution in [0.2, 0.25) is 0 Å². The van der Waals surface area contributed by atoms with E-state index in [0.717, 1.165) is 22.0 Å². The summed E-state index contributed by atoms with van der Waals surface area (Å²) in [6, 6.07) is 14.3. The van der Waals surface area contributed by atoms with Gasteiger partial charge < -0.3 is 19.5 Å². The molecule has 1 atom stereocenters. The van der Waals surface area contributed by atoms with Crippen molar-refractivity contribution in [2.75, 3.05) is 13.7 Å². The maximum atomic E-state index is 13.6. The highest BCUT2D eigenvalue weighted by atomic mass is 16.5. The molecule has 1 heterocycles. The predicted octanol–water partition coefficient (Wildman–Crippen LogP) is 3.85. The Bertz CT molecular complexity index is 1180. The zero-order chi connectivity index (χ0) is 24.2. The molecular formula is C27H31N3O3. The van der Waals surface area contributed by atoms with Crippen molar-refractivity contribution < 1.29 is 14.3 Å². The number of fused-ring (bicyclic) bond motifs is 1. The van der Waals surface area contributed by atoms with Crippen LogP contribution in [-0.2, 0) is 23.1 Å². The van der Waals surface area contributed by atoms with Gasteiger partial charge >= 0.3 is 0 Å². The van der Waals surface area contributed by atoms with Crippen molar-refractivity contribution in [2.45, 2.75) is 38.8 Å². The lowest BCUT2D eigenvalue weighted by molar-refractivity contribution is -0.140. The molecule has 172 valence electrons.